The summed E-state index contributed by atoms with van der Waals surface area (Å²) in [6.07, 6.45) is 0. The molecule has 2 heteroatoms. The van der Waals surface area contributed by atoms with Crippen LogP contribution in [0.2, 0.25) is 19.6 Å². The number of hydrogen-bond acceptors (Lipinski definition) is 1. The fourth-order valence-corrected chi connectivity index (χ4v) is 3.93. The molecule has 0 aromatic heterocycles. The van der Waals surface area contributed by atoms with E-state index in [1.165, 1.54) is 11.1 Å². The van der Waals surface area contributed by atoms with E-state index in [4.69, 9.17) is 0 Å². The SMILES string of the molecule is C[Si](C)(C)C#Cc1ccc(-c2ccc(N(c3ccccc3)c3ccccc3)cc2)cc1. The van der Waals surface area contributed by atoms with Gasteiger partial charge in [0.1, 0.15) is 8.07 Å². The number of benzene rings is 4. The van der Waals surface area contributed by atoms with Gasteiger partial charge in [0.2, 0.25) is 0 Å². The zero-order valence-corrected chi connectivity index (χ0v) is 19.3. The molecule has 31 heavy (non-hydrogen) atoms. The summed E-state index contributed by atoms with van der Waals surface area (Å²) in [6.45, 7) is 6.80. The van der Waals surface area contributed by atoms with Crippen LogP contribution in [0.25, 0.3) is 11.1 Å². The van der Waals surface area contributed by atoms with Crippen LogP contribution in [-0.2, 0) is 0 Å². The highest BCUT2D eigenvalue weighted by Crippen LogP contribution is 2.35. The van der Waals surface area contributed by atoms with Crippen LogP contribution >= 0.6 is 0 Å². The normalized spacial score (nSPS) is 10.8. The van der Waals surface area contributed by atoms with E-state index in [0.717, 1.165) is 22.6 Å². The standard InChI is InChI=1S/C29H27NSi/c1-31(2,3)23-22-24-14-16-25(17-15-24)26-18-20-29(21-19-26)30(27-10-6-4-7-11-27)28-12-8-5-9-13-28/h4-21H,1-3H3. The Morgan fingerprint density at radius 1 is 0.516 bits per heavy atom. The van der Waals surface area contributed by atoms with Gasteiger partial charge in [-0.05, 0) is 59.7 Å². The van der Waals surface area contributed by atoms with Crippen molar-refractivity contribution in [2.75, 3.05) is 4.90 Å². The van der Waals surface area contributed by atoms with Gasteiger partial charge in [0.25, 0.3) is 0 Å². The number of para-hydroxylation sites is 2. The van der Waals surface area contributed by atoms with Crippen molar-refractivity contribution in [3.8, 4) is 22.6 Å². The molecule has 0 atom stereocenters. The second-order valence-electron chi connectivity index (χ2n) is 8.63. The average molecular weight is 418 g/mol. The third kappa shape index (κ3) is 5.34. The van der Waals surface area contributed by atoms with E-state index in [-0.39, 0.29) is 0 Å². The Balaban J connectivity index is 1.62. The molecule has 0 bridgehead atoms. The third-order valence-electron chi connectivity index (χ3n) is 4.95. The van der Waals surface area contributed by atoms with E-state index in [0.29, 0.717) is 0 Å². The molecule has 0 aliphatic carbocycles. The summed E-state index contributed by atoms with van der Waals surface area (Å²) in [4.78, 5) is 2.28. The van der Waals surface area contributed by atoms with E-state index in [1.54, 1.807) is 0 Å². The summed E-state index contributed by atoms with van der Waals surface area (Å²) >= 11 is 0. The summed E-state index contributed by atoms with van der Waals surface area (Å²) < 4.78 is 0. The smallest absolute Gasteiger partial charge is 0.129 e. The van der Waals surface area contributed by atoms with E-state index < -0.39 is 8.07 Å². The van der Waals surface area contributed by atoms with Crippen molar-refractivity contribution in [3.63, 3.8) is 0 Å². The molecule has 0 saturated heterocycles. The Bertz CT molecular complexity index is 1140. The second-order valence-corrected chi connectivity index (χ2v) is 13.4. The Morgan fingerprint density at radius 3 is 1.39 bits per heavy atom. The highest BCUT2D eigenvalue weighted by atomic mass is 28.3. The van der Waals surface area contributed by atoms with Gasteiger partial charge >= 0.3 is 0 Å². The molecule has 0 N–H and O–H groups in total. The highest BCUT2D eigenvalue weighted by molar-refractivity contribution is 6.83. The first kappa shape index (κ1) is 20.7. The molecule has 1 nitrogen and oxygen atoms in total. The molecule has 4 aromatic carbocycles. The van der Waals surface area contributed by atoms with Crippen molar-refractivity contribution in [2.45, 2.75) is 19.6 Å². The van der Waals surface area contributed by atoms with Gasteiger partial charge in [-0.1, -0.05) is 86.2 Å². The molecular formula is C29H27NSi. The quantitative estimate of drug-likeness (QED) is 0.240. The summed E-state index contributed by atoms with van der Waals surface area (Å²) in [5, 5.41) is 0. The molecule has 4 rings (SSSR count). The summed E-state index contributed by atoms with van der Waals surface area (Å²) in [5.74, 6) is 3.33. The first-order valence-electron chi connectivity index (χ1n) is 10.6. The number of hydrogen-bond donors (Lipinski definition) is 0. The molecule has 4 aromatic rings. The zero-order valence-electron chi connectivity index (χ0n) is 18.3. The predicted molar refractivity (Wildman–Crippen MR) is 137 cm³/mol. The van der Waals surface area contributed by atoms with Crippen LogP contribution in [0.1, 0.15) is 5.56 Å². The van der Waals surface area contributed by atoms with Crippen LogP contribution in [0.5, 0.6) is 0 Å². The number of nitrogens with zero attached hydrogens (tertiary/aromatic N) is 1. The lowest BCUT2D eigenvalue weighted by molar-refractivity contribution is 1.28. The van der Waals surface area contributed by atoms with Crippen molar-refractivity contribution in [1.29, 1.82) is 0 Å². The fourth-order valence-electron chi connectivity index (χ4n) is 3.41. The molecule has 0 spiro atoms. The topological polar surface area (TPSA) is 3.24 Å². The summed E-state index contributed by atoms with van der Waals surface area (Å²) in [5.41, 5.74) is 10.4. The molecule has 0 amide bonds. The van der Waals surface area contributed by atoms with Crippen molar-refractivity contribution in [3.05, 3.63) is 115 Å². The molecule has 0 unspecified atom stereocenters. The number of anilines is 3. The van der Waals surface area contributed by atoms with E-state index in [1.807, 2.05) is 12.1 Å². The molecule has 0 radical (unpaired) electrons. The number of rotatable bonds is 4. The molecule has 0 saturated carbocycles. The Labute approximate surface area is 187 Å². The third-order valence-corrected chi connectivity index (χ3v) is 5.83. The lowest BCUT2D eigenvalue weighted by atomic mass is 10.0. The Hall–Kier alpha value is -3.54. The largest absolute Gasteiger partial charge is 0.311 e. The van der Waals surface area contributed by atoms with E-state index in [9.17, 15) is 0 Å². The van der Waals surface area contributed by atoms with Crippen LogP contribution in [-0.4, -0.2) is 8.07 Å². The fraction of sp³-hybridized carbons (Fsp3) is 0.103. The maximum atomic E-state index is 3.43. The lowest BCUT2D eigenvalue weighted by Gasteiger charge is -2.25. The van der Waals surface area contributed by atoms with Gasteiger partial charge in [-0.25, -0.2) is 0 Å². The lowest BCUT2D eigenvalue weighted by Crippen LogP contribution is -2.16. The first-order chi connectivity index (χ1) is 15.0. The van der Waals surface area contributed by atoms with Gasteiger partial charge in [-0.2, -0.15) is 0 Å². The van der Waals surface area contributed by atoms with Gasteiger partial charge < -0.3 is 4.90 Å². The highest BCUT2D eigenvalue weighted by Gasteiger charge is 2.12. The predicted octanol–water partition coefficient (Wildman–Crippen LogP) is 8.05. The molecule has 0 aliphatic heterocycles. The maximum Gasteiger partial charge on any atom is 0.129 e. The van der Waals surface area contributed by atoms with Crippen LogP contribution in [0.3, 0.4) is 0 Å². The van der Waals surface area contributed by atoms with Crippen molar-refractivity contribution < 1.29 is 0 Å². The monoisotopic (exact) mass is 417 g/mol. The van der Waals surface area contributed by atoms with Crippen LogP contribution in [0.4, 0.5) is 17.1 Å². The molecule has 0 aliphatic rings. The van der Waals surface area contributed by atoms with Crippen molar-refractivity contribution in [2.24, 2.45) is 0 Å². The maximum absolute atomic E-state index is 3.43. The van der Waals surface area contributed by atoms with Gasteiger partial charge in [0.15, 0.2) is 0 Å². The second kappa shape index (κ2) is 9.08. The Morgan fingerprint density at radius 2 is 0.935 bits per heavy atom. The van der Waals surface area contributed by atoms with Crippen LogP contribution in [0, 0.1) is 11.5 Å². The van der Waals surface area contributed by atoms with E-state index in [2.05, 4.69) is 133 Å². The van der Waals surface area contributed by atoms with Gasteiger partial charge in [0.05, 0.1) is 0 Å². The zero-order chi connectivity index (χ0) is 21.7. The van der Waals surface area contributed by atoms with Gasteiger partial charge in [-0.3, -0.25) is 0 Å². The molecular weight excluding hydrogens is 390 g/mol. The molecule has 0 fully saturated rings. The first-order valence-corrected chi connectivity index (χ1v) is 14.1. The minimum atomic E-state index is -1.36. The van der Waals surface area contributed by atoms with Crippen LogP contribution < -0.4 is 4.90 Å². The van der Waals surface area contributed by atoms with Gasteiger partial charge in [0, 0.05) is 22.6 Å². The van der Waals surface area contributed by atoms with Crippen molar-refractivity contribution >= 4 is 25.1 Å². The molecule has 152 valence electrons. The van der Waals surface area contributed by atoms with E-state index >= 15 is 0 Å². The average Bonchev–Trinajstić information content (AvgIpc) is 2.80. The molecule has 0 heterocycles. The summed E-state index contributed by atoms with van der Waals surface area (Å²) in [7, 11) is -1.36. The minimum Gasteiger partial charge on any atom is -0.311 e. The van der Waals surface area contributed by atoms with Gasteiger partial charge in [-0.15, -0.1) is 5.54 Å². The summed E-state index contributed by atoms with van der Waals surface area (Å²) in [6, 6.07) is 38.3. The van der Waals surface area contributed by atoms with Crippen molar-refractivity contribution in [1.82, 2.24) is 0 Å². The van der Waals surface area contributed by atoms with Crippen LogP contribution in [0.15, 0.2) is 109 Å². The Kier molecular flexibility index (Phi) is 6.07. The minimum absolute atomic E-state index is 1.09.